The molecule has 0 spiro atoms. The summed E-state index contributed by atoms with van der Waals surface area (Å²) in [5, 5.41) is 27.2. The van der Waals surface area contributed by atoms with Crippen molar-refractivity contribution in [1.29, 1.82) is 0 Å². The molecule has 3 aromatic heterocycles. The number of ketones is 1. The lowest BCUT2D eigenvalue weighted by Crippen LogP contribution is -2.57. The topological polar surface area (TPSA) is 181 Å². The molecular formula is C53H59ClN8O6S2. The lowest BCUT2D eigenvalue weighted by molar-refractivity contribution is -0.143. The van der Waals surface area contributed by atoms with Crippen molar-refractivity contribution >= 4 is 63.5 Å². The highest BCUT2D eigenvalue weighted by atomic mass is 35.5. The van der Waals surface area contributed by atoms with Crippen molar-refractivity contribution in [3.05, 3.63) is 133 Å². The Hall–Kier alpha value is -6.07. The average Bonchev–Trinajstić information content (AvgIpc) is 4.09. The molecule has 1 fully saturated rings. The van der Waals surface area contributed by atoms with E-state index in [2.05, 4.69) is 39.7 Å². The summed E-state index contributed by atoms with van der Waals surface area (Å²) in [6.07, 6.45) is 0.606. The van der Waals surface area contributed by atoms with Gasteiger partial charge in [0.15, 0.2) is 11.6 Å². The van der Waals surface area contributed by atoms with Crippen LogP contribution in [-0.2, 0) is 32.0 Å². The van der Waals surface area contributed by atoms with Crippen molar-refractivity contribution < 1.29 is 29.0 Å². The second kappa shape index (κ2) is 21.5. The van der Waals surface area contributed by atoms with Crippen LogP contribution in [0.3, 0.4) is 0 Å². The molecule has 3 N–H and O–H groups in total. The summed E-state index contributed by atoms with van der Waals surface area (Å²) in [4.78, 5) is 68.3. The fourth-order valence-electron chi connectivity index (χ4n) is 9.03. The van der Waals surface area contributed by atoms with Crippen LogP contribution in [0.2, 0.25) is 5.02 Å². The van der Waals surface area contributed by atoms with Crippen molar-refractivity contribution in [2.45, 2.75) is 111 Å². The highest BCUT2D eigenvalue weighted by molar-refractivity contribution is 7.15. The Labute approximate surface area is 421 Å². The molecule has 3 aromatic carbocycles. The third-order valence-electron chi connectivity index (χ3n) is 12.9. The van der Waals surface area contributed by atoms with E-state index in [9.17, 15) is 24.3 Å². The van der Waals surface area contributed by atoms with E-state index in [0.717, 1.165) is 59.8 Å². The molecule has 5 heterocycles. The number of thiazole rings is 1. The van der Waals surface area contributed by atoms with Crippen LogP contribution >= 0.6 is 34.3 Å². The van der Waals surface area contributed by atoms with Crippen LogP contribution in [0.5, 0.6) is 5.75 Å². The number of aromatic nitrogens is 4. The van der Waals surface area contributed by atoms with Gasteiger partial charge in [0, 0.05) is 47.0 Å². The number of hydrogen-bond acceptors (Lipinski definition) is 12. The van der Waals surface area contributed by atoms with Crippen LogP contribution in [0.4, 0.5) is 0 Å². The van der Waals surface area contributed by atoms with Gasteiger partial charge in [0.2, 0.25) is 17.7 Å². The van der Waals surface area contributed by atoms with Crippen LogP contribution < -0.4 is 15.4 Å². The molecule has 17 heteroatoms. The molecule has 8 rings (SSSR count). The largest absolute Gasteiger partial charge is 0.494 e. The lowest BCUT2D eigenvalue weighted by Gasteiger charge is -2.35. The first kappa shape index (κ1) is 50.3. The SMILES string of the molecule is Cc1ncsc1-c1ccc(CCC(=O)[C@@H]2C[C@@H](O)CN2C(=O)[C@@H](NC(=O)Cc2cccc(OCCCNC(=O)C[C@@H]3N=C(c4ccc(Cl)cc4)c4c(sc(C)c4C)-n4c(C)nnc43)c2)C(C)(C)C)cc1. The standard InChI is InChI=1S/C53H59ClN8O6S2/c1-30-32(3)70-52-46(30)47(36-17-19-38(54)20-18-36)57-41(50-60-59-33(4)62(50)52)27-44(65)55-22-9-23-68-40-11-8-10-35(24-40)25-45(66)58-49(53(5,6)7)51(67)61-28-39(63)26-42(61)43(64)21-14-34-12-15-37(16-13-34)48-31(2)56-29-69-48/h8,10-13,15-20,24,29,39,41-42,49,63H,9,14,21-23,25-28H2,1-7H3,(H,55,65)(H,58,66)/t39-,41+,42+,49-/m1/s1. The number of thiophene rings is 1. The van der Waals surface area contributed by atoms with Crippen molar-refractivity contribution in [1.82, 2.24) is 35.3 Å². The number of likely N-dealkylation sites (tertiary alicyclic amines) is 1. The van der Waals surface area contributed by atoms with Gasteiger partial charge in [-0.25, -0.2) is 4.98 Å². The molecule has 14 nitrogen and oxygen atoms in total. The zero-order valence-corrected chi connectivity index (χ0v) is 42.9. The summed E-state index contributed by atoms with van der Waals surface area (Å²) in [7, 11) is 0. The number of hydrogen-bond donors (Lipinski definition) is 3. The third kappa shape index (κ3) is 11.4. The number of aliphatic hydroxyl groups excluding tert-OH is 1. The number of carbonyl (C=O) groups is 4. The Morgan fingerprint density at radius 3 is 2.40 bits per heavy atom. The Bertz CT molecular complexity index is 2920. The molecular weight excluding hydrogens is 944 g/mol. The minimum absolute atomic E-state index is 0.0111. The smallest absolute Gasteiger partial charge is 0.246 e. The molecule has 4 atom stereocenters. The molecule has 2 aliphatic heterocycles. The number of nitrogens with one attached hydrogen (secondary N) is 2. The zero-order chi connectivity index (χ0) is 49.9. The highest BCUT2D eigenvalue weighted by Gasteiger charge is 2.44. The van der Waals surface area contributed by atoms with Gasteiger partial charge in [0.25, 0.3) is 0 Å². The highest BCUT2D eigenvalue weighted by Crippen LogP contribution is 2.40. The van der Waals surface area contributed by atoms with E-state index >= 15 is 0 Å². The van der Waals surface area contributed by atoms with E-state index in [4.69, 9.17) is 21.3 Å². The third-order valence-corrected chi connectivity index (χ3v) is 15.3. The Balaban J connectivity index is 0.829. The monoisotopic (exact) mass is 1000 g/mol. The Kier molecular flexibility index (Phi) is 15.5. The number of benzene rings is 3. The first-order valence-electron chi connectivity index (χ1n) is 23.6. The first-order chi connectivity index (χ1) is 33.4. The molecule has 3 amide bonds. The molecule has 0 unspecified atom stereocenters. The van der Waals surface area contributed by atoms with Gasteiger partial charge in [-0.05, 0) is 92.5 Å². The predicted molar refractivity (Wildman–Crippen MR) is 274 cm³/mol. The van der Waals surface area contributed by atoms with Gasteiger partial charge in [-0.2, -0.15) is 0 Å². The van der Waals surface area contributed by atoms with Gasteiger partial charge in [-0.15, -0.1) is 32.9 Å². The fourth-order valence-corrected chi connectivity index (χ4v) is 11.2. The lowest BCUT2D eigenvalue weighted by atomic mass is 9.85. The molecule has 70 heavy (non-hydrogen) atoms. The summed E-state index contributed by atoms with van der Waals surface area (Å²) in [5.41, 5.74) is 8.66. The van der Waals surface area contributed by atoms with Crippen LogP contribution in [0.15, 0.2) is 83.3 Å². The van der Waals surface area contributed by atoms with Gasteiger partial charge in [0.05, 0.1) is 53.4 Å². The number of rotatable bonds is 17. The van der Waals surface area contributed by atoms with Crippen LogP contribution in [0, 0.1) is 33.1 Å². The normalized spacial score (nSPS) is 17.0. The molecule has 0 bridgehead atoms. The van der Waals surface area contributed by atoms with Crippen molar-refractivity contribution in [3.63, 3.8) is 0 Å². The number of β-amino-alcohol motifs (C(OH)–C–C–N with tert-alkyl or cyclic N) is 1. The second-order valence-electron chi connectivity index (χ2n) is 19.2. The van der Waals surface area contributed by atoms with Gasteiger partial charge < -0.3 is 25.4 Å². The molecule has 0 aliphatic carbocycles. The number of aliphatic hydroxyl groups is 1. The molecule has 6 aromatic rings. The quantitative estimate of drug-likeness (QED) is 0.0756. The van der Waals surface area contributed by atoms with E-state index in [1.54, 1.807) is 40.9 Å². The number of carbonyl (C=O) groups excluding carboxylic acids is 4. The Morgan fingerprint density at radius 2 is 1.69 bits per heavy atom. The number of ether oxygens (including phenoxy) is 1. The van der Waals surface area contributed by atoms with Crippen molar-refractivity contribution in [2.24, 2.45) is 10.4 Å². The van der Waals surface area contributed by atoms with Crippen LogP contribution in [0.25, 0.3) is 15.4 Å². The van der Waals surface area contributed by atoms with Crippen LogP contribution in [0.1, 0.15) is 103 Å². The van der Waals surface area contributed by atoms with E-state index < -0.39 is 35.6 Å². The molecule has 0 radical (unpaired) electrons. The molecule has 1 saturated heterocycles. The van der Waals surface area contributed by atoms with E-state index in [0.29, 0.717) is 48.2 Å². The number of amides is 3. The van der Waals surface area contributed by atoms with E-state index in [1.165, 1.54) is 4.90 Å². The maximum absolute atomic E-state index is 14.2. The summed E-state index contributed by atoms with van der Waals surface area (Å²) < 4.78 is 8.07. The number of halogens is 1. The summed E-state index contributed by atoms with van der Waals surface area (Å²) in [6.45, 7) is 14.4. The predicted octanol–water partition coefficient (Wildman–Crippen LogP) is 8.44. The summed E-state index contributed by atoms with van der Waals surface area (Å²) in [6, 6.07) is 20.6. The average molecular weight is 1000 g/mol. The summed E-state index contributed by atoms with van der Waals surface area (Å²) >= 11 is 9.50. The maximum atomic E-state index is 14.2. The molecule has 0 saturated carbocycles. The summed E-state index contributed by atoms with van der Waals surface area (Å²) in [5.74, 6) is 0.830. The number of nitrogens with zero attached hydrogens (tertiary/aromatic N) is 6. The molecule has 366 valence electrons. The minimum atomic E-state index is -0.942. The minimum Gasteiger partial charge on any atom is -0.494 e. The van der Waals surface area contributed by atoms with Gasteiger partial charge in [-0.3, -0.25) is 28.7 Å². The maximum Gasteiger partial charge on any atom is 0.246 e. The van der Waals surface area contributed by atoms with E-state index in [-0.39, 0.29) is 49.8 Å². The van der Waals surface area contributed by atoms with Gasteiger partial charge in [0.1, 0.15) is 28.7 Å². The van der Waals surface area contributed by atoms with Crippen molar-refractivity contribution in [3.8, 4) is 21.2 Å². The fraction of sp³-hybridized carbons (Fsp3) is 0.396. The number of Topliss-reactive ketones (excluding diaryl/α,β-unsaturated/α-hetero) is 1. The molecule has 2 aliphatic rings. The Morgan fingerprint density at radius 1 is 0.943 bits per heavy atom. The number of fused-ring (bicyclic) bond motifs is 3. The van der Waals surface area contributed by atoms with Gasteiger partial charge in [-0.1, -0.05) is 80.9 Å². The van der Waals surface area contributed by atoms with Crippen molar-refractivity contribution in [2.75, 3.05) is 19.7 Å². The van der Waals surface area contributed by atoms with Crippen LogP contribution in [-0.4, -0.2) is 96.9 Å². The second-order valence-corrected chi connectivity index (χ2v) is 21.7. The van der Waals surface area contributed by atoms with E-state index in [1.807, 2.05) is 99.3 Å². The zero-order valence-electron chi connectivity index (χ0n) is 40.5. The number of aliphatic imine (C=N–C) groups is 1. The first-order valence-corrected chi connectivity index (χ1v) is 25.7. The number of aryl methyl sites for hydroxylation is 4. The van der Waals surface area contributed by atoms with Gasteiger partial charge >= 0.3 is 0 Å².